The molecule has 0 spiro atoms. The number of H-pyrrole nitrogens is 1. The number of ether oxygens (including phenoxy) is 1. The van der Waals surface area contributed by atoms with Gasteiger partial charge in [-0.25, -0.2) is 0 Å². The van der Waals surface area contributed by atoms with Crippen molar-refractivity contribution in [3.8, 4) is 0 Å². The molecule has 0 aliphatic carbocycles. The molecule has 2 N–H and O–H groups in total. The second-order valence-corrected chi connectivity index (χ2v) is 4.02. The van der Waals surface area contributed by atoms with E-state index in [9.17, 15) is 14.4 Å². The quantitative estimate of drug-likeness (QED) is 0.442. The first-order valence-electron chi connectivity index (χ1n) is 6.17. The average molecular weight is 266 g/mol. The van der Waals surface area contributed by atoms with Crippen LogP contribution in [-0.2, 0) is 9.53 Å². The van der Waals surface area contributed by atoms with Crippen LogP contribution in [0.3, 0.4) is 0 Å². The van der Waals surface area contributed by atoms with Crippen molar-refractivity contribution in [1.82, 2.24) is 10.3 Å². The van der Waals surface area contributed by atoms with Crippen LogP contribution in [0.5, 0.6) is 0 Å². The van der Waals surface area contributed by atoms with Gasteiger partial charge in [0.1, 0.15) is 5.69 Å². The van der Waals surface area contributed by atoms with E-state index in [1.807, 2.05) is 0 Å². The minimum absolute atomic E-state index is 0.0994. The largest absolute Gasteiger partial charge is 0.466 e. The number of carbonyl (C=O) groups is 3. The summed E-state index contributed by atoms with van der Waals surface area (Å²) >= 11 is 0. The lowest BCUT2D eigenvalue weighted by atomic mass is 10.2. The highest BCUT2D eigenvalue weighted by Gasteiger charge is 2.10. The van der Waals surface area contributed by atoms with Crippen LogP contribution < -0.4 is 5.32 Å². The molecule has 0 aliphatic heterocycles. The molecule has 104 valence electrons. The van der Waals surface area contributed by atoms with Crippen LogP contribution in [0.15, 0.2) is 12.3 Å². The number of hydrogen-bond donors (Lipinski definition) is 2. The molecule has 0 radical (unpaired) electrons. The molecule has 0 unspecified atom stereocenters. The third-order valence-electron chi connectivity index (χ3n) is 2.48. The highest BCUT2D eigenvalue weighted by Crippen LogP contribution is 2.04. The number of nitrogens with one attached hydrogen (secondary N) is 2. The molecule has 0 fully saturated rings. The van der Waals surface area contributed by atoms with E-state index >= 15 is 0 Å². The normalized spacial score (nSPS) is 10.0. The number of aromatic nitrogens is 1. The molecule has 0 saturated heterocycles. The Hall–Kier alpha value is -2.11. The van der Waals surface area contributed by atoms with Crippen molar-refractivity contribution >= 4 is 17.7 Å². The molecule has 1 heterocycles. The van der Waals surface area contributed by atoms with Gasteiger partial charge in [-0.05, 0) is 26.3 Å². The first-order valence-corrected chi connectivity index (χ1v) is 6.17. The number of rotatable bonds is 7. The van der Waals surface area contributed by atoms with Crippen LogP contribution >= 0.6 is 0 Å². The van der Waals surface area contributed by atoms with E-state index in [4.69, 9.17) is 4.74 Å². The van der Waals surface area contributed by atoms with E-state index in [0.717, 1.165) is 0 Å². The lowest BCUT2D eigenvalue weighted by molar-refractivity contribution is -0.143. The highest BCUT2D eigenvalue weighted by atomic mass is 16.5. The van der Waals surface area contributed by atoms with Crippen molar-refractivity contribution in [3.63, 3.8) is 0 Å². The predicted molar refractivity (Wildman–Crippen MR) is 69.0 cm³/mol. The zero-order chi connectivity index (χ0) is 14.3. The Bertz CT molecular complexity index is 465. The van der Waals surface area contributed by atoms with E-state index in [1.54, 1.807) is 6.92 Å². The van der Waals surface area contributed by atoms with Crippen LogP contribution in [0.4, 0.5) is 0 Å². The van der Waals surface area contributed by atoms with E-state index in [0.29, 0.717) is 30.8 Å². The van der Waals surface area contributed by atoms with Crippen molar-refractivity contribution in [2.45, 2.75) is 26.7 Å². The topological polar surface area (TPSA) is 88.3 Å². The van der Waals surface area contributed by atoms with Crippen LogP contribution in [0, 0.1) is 0 Å². The molecule has 1 rings (SSSR count). The summed E-state index contributed by atoms with van der Waals surface area (Å²) in [5.41, 5.74) is 0.804. The van der Waals surface area contributed by atoms with Crippen molar-refractivity contribution in [1.29, 1.82) is 0 Å². The second kappa shape index (κ2) is 7.35. The molecular weight excluding hydrogens is 248 g/mol. The number of hydrogen-bond acceptors (Lipinski definition) is 4. The van der Waals surface area contributed by atoms with Gasteiger partial charge in [-0.2, -0.15) is 0 Å². The van der Waals surface area contributed by atoms with Gasteiger partial charge in [0.05, 0.1) is 6.61 Å². The van der Waals surface area contributed by atoms with Crippen molar-refractivity contribution in [3.05, 3.63) is 23.5 Å². The van der Waals surface area contributed by atoms with E-state index in [2.05, 4.69) is 10.3 Å². The second-order valence-electron chi connectivity index (χ2n) is 4.02. The summed E-state index contributed by atoms with van der Waals surface area (Å²) < 4.78 is 4.77. The predicted octanol–water partition coefficient (Wildman–Crippen LogP) is 1.29. The number of aromatic amines is 1. The van der Waals surface area contributed by atoms with Crippen LogP contribution in [0.1, 0.15) is 47.5 Å². The zero-order valence-electron chi connectivity index (χ0n) is 11.1. The van der Waals surface area contributed by atoms with Crippen LogP contribution in [-0.4, -0.2) is 35.8 Å². The van der Waals surface area contributed by atoms with Crippen LogP contribution in [0.25, 0.3) is 0 Å². The molecule has 0 aliphatic rings. The van der Waals surface area contributed by atoms with Crippen LogP contribution in [0.2, 0.25) is 0 Å². The fraction of sp³-hybridized carbons (Fsp3) is 0.462. The monoisotopic (exact) mass is 266 g/mol. The Balaban J connectivity index is 2.31. The van der Waals surface area contributed by atoms with Gasteiger partial charge < -0.3 is 15.0 Å². The van der Waals surface area contributed by atoms with E-state index < -0.39 is 0 Å². The van der Waals surface area contributed by atoms with Crippen molar-refractivity contribution in [2.75, 3.05) is 13.2 Å². The highest BCUT2D eigenvalue weighted by molar-refractivity contribution is 5.99. The fourth-order valence-corrected chi connectivity index (χ4v) is 1.49. The van der Waals surface area contributed by atoms with Gasteiger partial charge in [0.2, 0.25) is 0 Å². The van der Waals surface area contributed by atoms with Gasteiger partial charge in [-0.15, -0.1) is 0 Å². The Morgan fingerprint density at radius 1 is 1.37 bits per heavy atom. The molecule has 19 heavy (non-hydrogen) atoms. The lowest BCUT2D eigenvalue weighted by Gasteiger charge is -2.03. The number of amides is 1. The molecule has 6 heteroatoms. The summed E-state index contributed by atoms with van der Waals surface area (Å²) in [5, 5.41) is 2.66. The summed E-state index contributed by atoms with van der Waals surface area (Å²) in [7, 11) is 0. The standard InChI is InChI=1S/C13H18N2O4/c1-3-19-12(17)5-4-6-14-13(18)11-7-10(8-15-11)9(2)16/h7-8,15H,3-6H2,1-2H3,(H,14,18). The maximum atomic E-state index is 11.7. The Labute approximate surface area is 111 Å². The Kier molecular flexibility index (Phi) is 5.78. The SMILES string of the molecule is CCOC(=O)CCCNC(=O)c1cc(C(C)=O)c[nH]1. The minimum atomic E-state index is -0.295. The number of carbonyl (C=O) groups excluding carboxylic acids is 3. The summed E-state index contributed by atoms with van der Waals surface area (Å²) in [6.45, 7) is 3.93. The van der Waals surface area contributed by atoms with Gasteiger partial charge in [-0.1, -0.05) is 0 Å². The van der Waals surface area contributed by atoms with Crippen molar-refractivity contribution < 1.29 is 19.1 Å². The maximum absolute atomic E-state index is 11.7. The van der Waals surface area contributed by atoms with Gasteiger partial charge in [0.15, 0.2) is 5.78 Å². The molecule has 0 aromatic carbocycles. The zero-order valence-corrected chi connectivity index (χ0v) is 11.1. The lowest BCUT2D eigenvalue weighted by Crippen LogP contribution is -2.25. The average Bonchev–Trinajstić information content (AvgIpc) is 2.84. The van der Waals surface area contributed by atoms with Gasteiger partial charge in [-0.3, -0.25) is 14.4 Å². The fourth-order valence-electron chi connectivity index (χ4n) is 1.49. The number of ketones is 1. The van der Waals surface area contributed by atoms with Gasteiger partial charge in [0, 0.05) is 24.7 Å². The molecule has 1 aromatic heterocycles. The summed E-state index contributed by atoms with van der Waals surface area (Å²) in [5.74, 6) is -0.663. The third kappa shape index (κ3) is 4.95. The molecule has 1 amide bonds. The molecule has 0 atom stereocenters. The Morgan fingerprint density at radius 3 is 2.68 bits per heavy atom. The first-order chi connectivity index (χ1) is 9.04. The summed E-state index contributed by atoms with van der Waals surface area (Å²) in [6.07, 6.45) is 2.29. The first kappa shape index (κ1) is 14.9. The smallest absolute Gasteiger partial charge is 0.305 e. The van der Waals surface area contributed by atoms with Crippen molar-refractivity contribution in [2.24, 2.45) is 0 Å². The molecule has 0 saturated carbocycles. The minimum Gasteiger partial charge on any atom is -0.466 e. The number of Topliss-reactive ketones (excluding diaryl/α,β-unsaturated/α-hetero) is 1. The number of esters is 1. The molecule has 6 nitrogen and oxygen atoms in total. The molecular formula is C13H18N2O4. The molecule has 1 aromatic rings. The third-order valence-corrected chi connectivity index (χ3v) is 2.48. The maximum Gasteiger partial charge on any atom is 0.305 e. The van der Waals surface area contributed by atoms with Gasteiger partial charge >= 0.3 is 5.97 Å². The summed E-state index contributed by atoms with van der Waals surface area (Å²) in [6, 6.07) is 1.50. The summed E-state index contributed by atoms with van der Waals surface area (Å²) in [4.78, 5) is 36.5. The molecule has 0 bridgehead atoms. The Morgan fingerprint density at radius 2 is 2.11 bits per heavy atom. The van der Waals surface area contributed by atoms with E-state index in [-0.39, 0.29) is 24.1 Å². The van der Waals surface area contributed by atoms with Gasteiger partial charge in [0.25, 0.3) is 5.91 Å². The van der Waals surface area contributed by atoms with E-state index in [1.165, 1.54) is 19.2 Å².